The quantitative estimate of drug-likeness (QED) is 0.821. The summed E-state index contributed by atoms with van der Waals surface area (Å²) in [5.41, 5.74) is 7.08. The molecule has 1 aromatic rings. The minimum atomic E-state index is 0.166. The lowest BCUT2D eigenvalue weighted by Crippen LogP contribution is -2.33. The number of pyridine rings is 1. The van der Waals surface area contributed by atoms with Gasteiger partial charge in [0, 0.05) is 25.8 Å². The monoisotopic (exact) mass is 207 g/mol. The SMILES string of the molecule is CC(N)CN(C)c1cc(C(C)C)ccn1. The van der Waals surface area contributed by atoms with Crippen LogP contribution in [0, 0.1) is 0 Å². The molecule has 1 heterocycles. The highest BCUT2D eigenvalue weighted by Crippen LogP contribution is 2.18. The molecule has 1 aromatic heterocycles. The highest BCUT2D eigenvalue weighted by atomic mass is 15.2. The van der Waals surface area contributed by atoms with Gasteiger partial charge in [-0.15, -0.1) is 0 Å². The van der Waals surface area contributed by atoms with E-state index in [9.17, 15) is 0 Å². The van der Waals surface area contributed by atoms with Gasteiger partial charge in [0.2, 0.25) is 0 Å². The second kappa shape index (κ2) is 5.12. The largest absolute Gasteiger partial charge is 0.358 e. The Bertz CT molecular complexity index is 307. The molecule has 0 bridgehead atoms. The molecule has 1 rings (SSSR count). The Morgan fingerprint density at radius 1 is 1.40 bits per heavy atom. The third-order valence-electron chi connectivity index (χ3n) is 2.39. The molecule has 0 spiro atoms. The highest BCUT2D eigenvalue weighted by molar-refractivity contribution is 5.41. The summed E-state index contributed by atoms with van der Waals surface area (Å²) in [6.45, 7) is 7.20. The molecule has 0 aliphatic rings. The molecule has 0 aliphatic heterocycles. The zero-order chi connectivity index (χ0) is 11.4. The Kier molecular flexibility index (Phi) is 4.09. The lowest BCUT2D eigenvalue weighted by atomic mass is 10.1. The van der Waals surface area contributed by atoms with Crippen LogP contribution >= 0.6 is 0 Å². The van der Waals surface area contributed by atoms with Crippen molar-refractivity contribution in [2.24, 2.45) is 5.73 Å². The van der Waals surface area contributed by atoms with E-state index in [1.165, 1.54) is 5.56 Å². The molecule has 0 saturated carbocycles. The van der Waals surface area contributed by atoms with E-state index in [4.69, 9.17) is 5.73 Å². The number of hydrogen-bond acceptors (Lipinski definition) is 3. The maximum Gasteiger partial charge on any atom is 0.128 e. The summed E-state index contributed by atoms with van der Waals surface area (Å²) in [5.74, 6) is 1.54. The summed E-state index contributed by atoms with van der Waals surface area (Å²) < 4.78 is 0. The third-order valence-corrected chi connectivity index (χ3v) is 2.39. The number of rotatable bonds is 4. The fourth-order valence-corrected chi connectivity index (χ4v) is 1.53. The second-order valence-corrected chi connectivity index (χ2v) is 4.46. The molecule has 0 aromatic carbocycles. The Balaban J connectivity index is 2.80. The minimum Gasteiger partial charge on any atom is -0.358 e. The zero-order valence-corrected chi connectivity index (χ0v) is 10.1. The Morgan fingerprint density at radius 2 is 2.07 bits per heavy atom. The molecule has 1 atom stereocenters. The van der Waals surface area contributed by atoms with Crippen molar-refractivity contribution >= 4 is 5.82 Å². The van der Waals surface area contributed by atoms with E-state index in [0.29, 0.717) is 5.92 Å². The molecule has 0 radical (unpaired) electrons. The molecule has 1 unspecified atom stereocenters. The van der Waals surface area contributed by atoms with Gasteiger partial charge in [0.1, 0.15) is 5.82 Å². The zero-order valence-electron chi connectivity index (χ0n) is 10.1. The van der Waals surface area contributed by atoms with Crippen molar-refractivity contribution in [3.8, 4) is 0 Å². The molecule has 3 heteroatoms. The summed E-state index contributed by atoms with van der Waals surface area (Å²) in [7, 11) is 2.02. The van der Waals surface area contributed by atoms with E-state index in [-0.39, 0.29) is 6.04 Å². The number of likely N-dealkylation sites (N-methyl/N-ethyl adjacent to an activating group) is 1. The van der Waals surface area contributed by atoms with Crippen LogP contribution in [0.15, 0.2) is 18.3 Å². The van der Waals surface area contributed by atoms with Crippen LogP contribution in [-0.4, -0.2) is 24.6 Å². The van der Waals surface area contributed by atoms with Crippen LogP contribution in [0.1, 0.15) is 32.3 Å². The number of aromatic nitrogens is 1. The molecule has 0 amide bonds. The molecule has 0 aliphatic carbocycles. The molecule has 3 nitrogen and oxygen atoms in total. The molecule has 15 heavy (non-hydrogen) atoms. The third kappa shape index (κ3) is 3.51. The van der Waals surface area contributed by atoms with Crippen molar-refractivity contribution in [3.63, 3.8) is 0 Å². The van der Waals surface area contributed by atoms with Crippen LogP contribution in [-0.2, 0) is 0 Å². The number of nitrogens with zero attached hydrogens (tertiary/aromatic N) is 2. The number of anilines is 1. The average Bonchev–Trinajstić information content (AvgIpc) is 2.17. The number of hydrogen-bond donors (Lipinski definition) is 1. The van der Waals surface area contributed by atoms with Crippen LogP contribution in [0.3, 0.4) is 0 Å². The molecule has 0 saturated heterocycles. The van der Waals surface area contributed by atoms with Crippen LogP contribution in [0.25, 0.3) is 0 Å². The molecule has 0 fully saturated rings. The average molecular weight is 207 g/mol. The predicted molar refractivity (Wildman–Crippen MR) is 65.2 cm³/mol. The van der Waals surface area contributed by atoms with Crippen LogP contribution in [0.4, 0.5) is 5.82 Å². The highest BCUT2D eigenvalue weighted by Gasteiger charge is 2.06. The molecular weight excluding hydrogens is 186 g/mol. The van der Waals surface area contributed by atoms with Gasteiger partial charge in [0.15, 0.2) is 0 Å². The maximum atomic E-state index is 5.76. The summed E-state index contributed by atoms with van der Waals surface area (Å²) in [6, 6.07) is 4.36. The number of nitrogens with two attached hydrogens (primary N) is 1. The van der Waals surface area contributed by atoms with Gasteiger partial charge in [-0.2, -0.15) is 0 Å². The first kappa shape index (κ1) is 12.0. The first-order valence-electron chi connectivity index (χ1n) is 5.43. The van der Waals surface area contributed by atoms with Gasteiger partial charge in [-0.3, -0.25) is 0 Å². The summed E-state index contributed by atoms with van der Waals surface area (Å²) in [5, 5.41) is 0. The fraction of sp³-hybridized carbons (Fsp3) is 0.583. The normalized spacial score (nSPS) is 12.9. The lowest BCUT2D eigenvalue weighted by Gasteiger charge is -2.21. The maximum absolute atomic E-state index is 5.76. The van der Waals surface area contributed by atoms with Crippen molar-refractivity contribution in [3.05, 3.63) is 23.9 Å². The summed E-state index contributed by atoms with van der Waals surface area (Å²) >= 11 is 0. The van der Waals surface area contributed by atoms with Crippen molar-refractivity contribution in [2.45, 2.75) is 32.7 Å². The lowest BCUT2D eigenvalue weighted by molar-refractivity contribution is 0.710. The molecule has 2 N–H and O–H groups in total. The first-order valence-corrected chi connectivity index (χ1v) is 5.43. The Labute approximate surface area is 92.3 Å². The van der Waals surface area contributed by atoms with E-state index in [1.807, 2.05) is 20.2 Å². The smallest absolute Gasteiger partial charge is 0.128 e. The van der Waals surface area contributed by atoms with E-state index in [2.05, 4.69) is 35.9 Å². The second-order valence-electron chi connectivity index (χ2n) is 4.46. The Hall–Kier alpha value is -1.09. The first-order chi connectivity index (χ1) is 7.00. The van der Waals surface area contributed by atoms with Gasteiger partial charge < -0.3 is 10.6 Å². The van der Waals surface area contributed by atoms with Gasteiger partial charge >= 0.3 is 0 Å². The predicted octanol–water partition coefficient (Wildman–Crippen LogP) is 1.99. The molecule has 84 valence electrons. The van der Waals surface area contributed by atoms with Gasteiger partial charge in [-0.1, -0.05) is 13.8 Å². The fourth-order valence-electron chi connectivity index (χ4n) is 1.53. The van der Waals surface area contributed by atoms with Crippen molar-refractivity contribution in [1.29, 1.82) is 0 Å². The van der Waals surface area contributed by atoms with Gasteiger partial charge in [-0.05, 0) is 30.5 Å². The summed E-state index contributed by atoms with van der Waals surface area (Å²) in [4.78, 5) is 6.44. The van der Waals surface area contributed by atoms with E-state index < -0.39 is 0 Å². The topological polar surface area (TPSA) is 42.1 Å². The van der Waals surface area contributed by atoms with Crippen LogP contribution in [0.5, 0.6) is 0 Å². The summed E-state index contributed by atoms with van der Waals surface area (Å²) in [6.07, 6.45) is 1.86. The van der Waals surface area contributed by atoms with Crippen molar-refractivity contribution in [1.82, 2.24) is 4.98 Å². The van der Waals surface area contributed by atoms with Gasteiger partial charge in [0.05, 0.1) is 0 Å². The van der Waals surface area contributed by atoms with E-state index in [1.54, 1.807) is 0 Å². The van der Waals surface area contributed by atoms with E-state index >= 15 is 0 Å². The van der Waals surface area contributed by atoms with Crippen LogP contribution in [0.2, 0.25) is 0 Å². The Morgan fingerprint density at radius 3 is 2.60 bits per heavy atom. The van der Waals surface area contributed by atoms with Gasteiger partial charge in [-0.25, -0.2) is 4.98 Å². The van der Waals surface area contributed by atoms with Crippen molar-refractivity contribution in [2.75, 3.05) is 18.5 Å². The molecular formula is C12H21N3. The van der Waals surface area contributed by atoms with Crippen LogP contribution < -0.4 is 10.6 Å². The van der Waals surface area contributed by atoms with Crippen molar-refractivity contribution < 1.29 is 0 Å². The minimum absolute atomic E-state index is 0.166. The standard InChI is InChI=1S/C12H21N3/c1-9(2)11-5-6-14-12(7-11)15(4)8-10(3)13/h5-7,9-10H,8,13H2,1-4H3. The van der Waals surface area contributed by atoms with Gasteiger partial charge in [0.25, 0.3) is 0 Å². The van der Waals surface area contributed by atoms with E-state index in [0.717, 1.165) is 12.4 Å².